The number of nitrogens with zero attached hydrogens (tertiary/aromatic N) is 3. The molecule has 2 unspecified atom stereocenters. The van der Waals surface area contributed by atoms with E-state index in [4.69, 9.17) is 4.74 Å². The maximum absolute atomic E-state index is 13.4. The van der Waals surface area contributed by atoms with Gasteiger partial charge in [-0.15, -0.1) is 0 Å². The van der Waals surface area contributed by atoms with E-state index in [1.807, 2.05) is 53.7 Å². The van der Waals surface area contributed by atoms with E-state index < -0.39 is 0 Å². The highest BCUT2D eigenvalue weighted by Gasteiger charge is 2.41. The molecule has 4 rings (SSSR count). The summed E-state index contributed by atoms with van der Waals surface area (Å²) in [4.78, 5) is 32.6. The Labute approximate surface area is 201 Å². The van der Waals surface area contributed by atoms with Gasteiger partial charge < -0.3 is 19.5 Å². The lowest BCUT2D eigenvalue weighted by atomic mass is 9.83. The number of unbranched alkanes of at least 4 members (excludes halogenated alkanes) is 1. The van der Waals surface area contributed by atoms with Crippen molar-refractivity contribution in [3.63, 3.8) is 0 Å². The van der Waals surface area contributed by atoms with Crippen LogP contribution in [-0.4, -0.2) is 46.5 Å². The molecule has 1 aliphatic rings. The number of benzene rings is 2. The number of hydrogen-bond acceptors (Lipinski definition) is 4. The standard InChI is InChI=1S/C27H34N4O3/c1-3-4-18-31-25(32)15-14-21(26(31)20-10-5-8-13-24(20)34-2)27(33)28-16-9-17-30-19-29-22-11-6-7-12-23(22)30/h5-8,10-13,19,21,26H,3-4,9,14-18H2,1-2H3,(H,28,33). The van der Waals surface area contributed by atoms with Crippen LogP contribution in [0.25, 0.3) is 11.0 Å². The number of piperidine rings is 1. The molecule has 7 heteroatoms. The van der Waals surface area contributed by atoms with E-state index in [1.165, 1.54) is 0 Å². The fraction of sp³-hybridized carbons (Fsp3) is 0.444. The van der Waals surface area contributed by atoms with Crippen molar-refractivity contribution in [3.8, 4) is 5.75 Å². The van der Waals surface area contributed by atoms with Gasteiger partial charge in [-0.1, -0.05) is 43.7 Å². The maximum Gasteiger partial charge on any atom is 0.225 e. The van der Waals surface area contributed by atoms with E-state index in [0.717, 1.165) is 42.4 Å². The molecule has 180 valence electrons. The number of nitrogens with one attached hydrogen (secondary N) is 1. The molecule has 34 heavy (non-hydrogen) atoms. The Hall–Kier alpha value is -3.35. The summed E-state index contributed by atoms with van der Waals surface area (Å²) in [7, 11) is 1.63. The molecular formula is C27H34N4O3. The summed E-state index contributed by atoms with van der Waals surface area (Å²) in [5.41, 5.74) is 2.98. The Kier molecular flexibility index (Phi) is 7.83. The number of methoxy groups -OCH3 is 1. The van der Waals surface area contributed by atoms with Crippen molar-refractivity contribution in [3.05, 3.63) is 60.4 Å². The number of aryl methyl sites for hydroxylation is 1. The molecule has 1 aliphatic heterocycles. The maximum atomic E-state index is 13.4. The van der Waals surface area contributed by atoms with Gasteiger partial charge in [0.05, 0.1) is 36.4 Å². The Bertz CT molecular complexity index is 1130. The molecule has 1 fully saturated rings. The van der Waals surface area contributed by atoms with E-state index in [2.05, 4.69) is 27.9 Å². The zero-order chi connectivity index (χ0) is 23.9. The quantitative estimate of drug-likeness (QED) is 0.455. The number of para-hydroxylation sites is 3. The van der Waals surface area contributed by atoms with Gasteiger partial charge in [-0.2, -0.15) is 0 Å². The molecule has 2 aromatic carbocycles. The van der Waals surface area contributed by atoms with Gasteiger partial charge in [0.1, 0.15) is 5.75 Å². The third kappa shape index (κ3) is 5.08. The van der Waals surface area contributed by atoms with Crippen molar-refractivity contribution in [1.29, 1.82) is 0 Å². The van der Waals surface area contributed by atoms with Gasteiger partial charge in [-0.3, -0.25) is 9.59 Å². The number of rotatable bonds is 10. The van der Waals surface area contributed by atoms with Crippen molar-refractivity contribution in [2.75, 3.05) is 20.2 Å². The molecule has 1 aromatic heterocycles. The lowest BCUT2D eigenvalue weighted by Crippen LogP contribution is -2.48. The second kappa shape index (κ2) is 11.2. The molecule has 2 amide bonds. The van der Waals surface area contributed by atoms with Crippen LogP contribution in [0.15, 0.2) is 54.9 Å². The second-order valence-electron chi connectivity index (χ2n) is 8.84. The number of ether oxygens (including phenoxy) is 1. The van der Waals surface area contributed by atoms with Crippen molar-refractivity contribution >= 4 is 22.8 Å². The predicted octanol–water partition coefficient (Wildman–Crippen LogP) is 4.33. The highest BCUT2D eigenvalue weighted by Crippen LogP contribution is 2.40. The van der Waals surface area contributed by atoms with Crippen LogP contribution >= 0.6 is 0 Å². The van der Waals surface area contributed by atoms with Gasteiger partial charge in [-0.05, 0) is 37.5 Å². The normalized spacial score (nSPS) is 18.3. The summed E-state index contributed by atoms with van der Waals surface area (Å²) in [5.74, 6) is 0.522. The van der Waals surface area contributed by atoms with Gasteiger partial charge in [0.15, 0.2) is 0 Å². The van der Waals surface area contributed by atoms with E-state index in [1.54, 1.807) is 7.11 Å². The van der Waals surface area contributed by atoms with Crippen LogP contribution in [0.4, 0.5) is 0 Å². The first-order valence-electron chi connectivity index (χ1n) is 12.2. The highest BCUT2D eigenvalue weighted by molar-refractivity contribution is 5.85. The third-order valence-corrected chi connectivity index (χ3v) is 6.66. The molecular weight excluding hydrogens is 428 g/mol. The summed E-state index contributed by atoms with van der Waals surface area (Å²) in [5, 5.41) is 3.14. The van der Waals surface area contributed by atoms with Crippen LogP contribution in [0.2, 0.25) is 0 Å². The minimum absolute atomic E-state index is 0.000365. The Morgan fingerprint density at radius 2 is 1.91 bits per heavy atom. The summed E-state index contributed by atoms with van der Waals surface area (Å²) in [6.45, 7) is 4.11. The van der Waals surface area contributed by atoms with Crippen LogP contribution in [0.1, 0.15) is 50.6 Å². The molecule has 7 nitrogen and oxygen atoms in total. The van der Waals surface area contributed by atoms with Crippen LogP contribution in [0, 0.1) is 5.92 Å². The Morgan fingerprint density at radius 1 is 1.12 bits per heavy atom. The van der Waals surface area contributed by atoms with E-state index in [-0.39, 0.29) is 23.8 Å². The fourth-order valence-electron chi connectivity index (χ4n) is 4.90. The minimum Gasteiger partial charge on any atom is -0.496 e. The van der Waals surface area contributed by atoms with Gasteiger partial charge in [0.25, 0.3) is 0 Å². The van der Waals surface area contributed by atoms with Gasteiger partial charge in [-0.25, -0.2) is 4.98 Å². The third-order valence-electron chi connectivity index (χ3n) is 6.66. The number of carbonyl (C=O) groups excluding carboxylic acids is 2. The van der Waals surface area contributed by atoms with Crippen molar-refractivity contribution in [2.24, 2.45) is 5.92 Å². The Morgan fingerprint density at radius 3 is 2.74 bits per heavy atom. The zero-order valence-corrected chi connectivity index (χ0v) is 20.1. The number of hydrogen-bond donors (Lipinski definition) is 1. The number of carbonyl (C=O) groups is 2. The summed E-state index contributed by atoms with van der Waals surface area (Å²) >= 11 is 0. The van der Waals surface area contributed by atoms with Crippen LogP contribution in [-0.2, 0) is 16.1 Å². The monoisotopic (exact) mass is 462 g/mol. The number of fused-ring (bicyclic) bond motifs is 1. The number of likely N-dealkylation sites (tertiary alicyclic amines) is 1. The van der Waals surface area contributed by atoms with Crippen LogP contribution < -0.4 is 10.1 Å². The number of aromatic nitrogens is 2. The molecule has 0 radical (unpaired) electrons. The largest absolute Gasteiger partial charge is 0.496 e. The molecule has 0 spiro atoms. The topological polar surface area (TPSA) is 76.5 Å². The molecule has 0 aliphatic carbocycles. The van der Waals surface area contributed by atoms with Crippen LogP contribution in [0.5, 0.6) is 5.75 Å². The van der Waals surface area contributed by atoms with Gasteiger partial charge in [0.2, 0.25) is 11.8 Å². The zero-order valence-electron chi connectivity index (χ0n) is 20.1. The average Bonchev–Trinajstić information content (AvgIpc) is 3.28. The Balaban J connectivity index is 1.46. The molecule has 2 heterocycles. The van der Waals surface area contributed by atoms with Crippen LogP contribution in [0.3, 0.4) is 0 Å². The first-order valence-corrected chi connectivity index (χ1v) is 12.2. The highest BCUT2D eigenvalue weighted by atomic mass is 16.5. The molecule has 1 saturated heterocycles. The van der Waals surface area contributed by atoms with Crippen molar-refractivity contribution in [1.82, 2.24) is 19.8 Å². The summed E-state index contributed by atoms with van der Waals surface area (Å²) < 4.78 is 7.73. The van der Waals surface area contributed by atoms with Crippen molar-refractivity contribution < 1.29 is 14.3 Å². The summed E-state index contributed by atoms with van der Waals surface area (Å²) in [6, 6.07) is 15.5. The molecule has 2 atom stereocenters. The van der Waals surface area contributed by atoms with E-state index >= 15 is 0 Å². The fourth-order valence-corrected chi connectivity index (χ4v) is 4.90. The molecule has 0 saturated carbocycles. The minimum atomic E-state index is -0.318. The lowest BCUT2D eigenvalue weighted by molar-refractivity contribution is -0.143. The van der Waals surface area contributed by atoms with E-state index in [0.29, 0.717) is 31.7 Å². The smallest absolute Gasteiger partial charge is 0.225 e. The lowest BCUT2D eigenvalue weighted by Gasteiger charge is -2.41. The molecule has 0 bridgehead atoms. The summed E-state index contributed by atoms with van der Waals surface area (Å²) in [6.07, 6.45) is 5.49. The predicted molar refractivity (Wildman–Crippen MR) is 132 cm³/mol. The van der Waals surface area contributed by atoms with Crippen molar-refractivity contribution in [2.45, 2.75) is 51.6 Å². The van der Waals surface area contributed by atoms with Gasteiger partial charge >= 0.3 is 0 Å². The number of imidazole rings is 1. The average molecular weight is 463 g/mol. The first-order chi connectivity index (χ1) is 16.6. The second-order valence-corrected chi connectivity index (χ2v) is 8.84. The SMILES string of the molecule is CCCCN1C(=O)CCC(C(=O)NCCCn2cnc3ccccc32)C1c1ccccc1OC. The number of amides is 2. The van der Waals surface area contributed by atoms with Gasteiger partial charge in [0, 0.05) is 31.6 Å². The molecule has 3 aromatic rings. The molecule has 1 N–H and O–H groups in total. The van der Waals surface area contributed by atoms with E-state index in [9.17, 15) is 9.59 Å². The first kappa shape index (κ1) is 23.8.